The van der Waals surface area contributed by atoms with Gasteiger partial charge in [0.2, 0.25) is 0 Å². The first-order valence-corrected chi connectivity index (χ1v) is 29.8. The van der Waals surface area contributed by atoms with Crippen molar-refractivity contribution < 1.29 is 28.6 Å². The van der Waals surface area contributed by atoms with Gasteiger partial charge in [-0.1, -0.05) is 67.4 Å². The predicted molar refractivity (Wildman–Crippen MR) is 236 cm³/mol. The molecule has 0 bridgehead atoms. The molecule has 5 atom stereocenters. The Morgan fingerprint density at radius 2 is 1.56 bits per heavy atom. The number of nitrogens with one attached hydrogen (secondary N) is 1. The minimum absolute atomic E-state index is 0.0201. The van der Waals surface area contributed by atoms with Crippen LogP contribution in [-0.4, -0.2) is 101 Å². The molecule has 1 saturated carbocycles. The molecule has 1 unspecified atom stereocenters. The monoisotopic (exact) mass is 843 g/mol. The molecule has 1 aliphatic heterocycles. The molecule has 13 nitrogen and oxygen atoms in total. The first-order chi connectivity index (χ1) is 26.2. The summed E-state index contributed by atoms with van der Waals surface area (Å²) in [6, 6.07) is 0.278. The zero-order valence-electron chi connectivity index (χ0n) is 37.3. The quantitative estimate of drug-likeness (QED) is 0.0761. The Morgan fingerprint density at radius 1 is 0.947 bits per heavy atom. The molecule has 2 aliphatic rings. The molecule has 4 heterocycles. The highest BCUT2D eigenvalue weighted by Crippen LogP contribution is 2.56. The van der Waals surface area contributed by atoms with Crippen LogP contribution in [0.1, 0.15) is 106 Å². The Morgan fingerprint density at radius 3 is 2.14 bits per heavy atom. The van der Waals surface area contributed by atoms with Crippen LogP contribution in [0.5, 0.6) is 0 Å². The molecule has 3 aromatic rings. The first-order valence-electron chi connectivity index (χ1n) is 21.0. The van der Waals surface area contributed by atoms with Crippen molar-refractivity contribution >= 4 is 48.0 Å². The second-order valence-electron chi connectivity index (χ2n) is 20.5. The van der Waals surface area contributed by atoms with Gasteiger partial charge in [-0.2, -0.15) is 15.1 Å². The average molecular weight is 844 g/mol. The minimum atomic E-state index is -2.66. The maximum absolute atomic E-state index is 11.7. The van der Waals surface area contributed by atoms with Crippen LogP contribution >= 0.6 is 0 Å². The Hall–Kier alpha value is -2.29. The second-order valence-corrected chi connectivity index (χ2v) is 34.3. The third-order valence-electron chi connectivity index (χ3n) is 13.9. The van der Waals surface area contributed by atoms with Crippen LogP contribution in [0.4, 0.5) is 5.82 Å². The summed E-state index contributed by atoms with van der Waals surface area (Å²) in [5, 5.41) is 17.8. The van der Waals surface area contributed by atoms with E-state index in [1.54, 1.807) is 23.0 Å². The van der Waals surface area contributed by atoms with E-state index in [-0.39, 0.29) is 39.1 Å². The van der Waals surface area contributed by atoms with Crippen LogP contribution in [0, 0.1) is 11.8 Å². The summed E-state index contributed by atoms with van der Waals surface area (Å²) in [7, 11) is -7.44. The number of anilines is 1. The number of rotatable bonds is 17. The number of hydrogen-bond acceptors (Lipinski definition) is 11. The Labute approximate surface area is 344 Å². The summed E-state index contributed by atoms with van der Waals surface area (Å²) < 4.78 is 23.2. The highest BCUT2D eigenvalue weighted by Gasteiger charge is 2.54. The summed E-state index contributed by atoms with van der Waals surface area (Å²) in [4.78, 5) is 38.5. The van der Waals surface area contributed by atoms with Crippen LogP contribution in [-0.2, 0) is 13.9 Å². The van der Waals surface area contributed by atoms with Crippen molar-refractivity contribution in [2.45, 2.75) is 173 Å². The summed E-state index contributed by atoms with van der Waals surface area (Å²) >= 11 is 0. The fourth-order valence-electron chi connectivity index (χ4n) is 7.53. The first kappa shape index (κ1) is 45.8. The van der Waals surface area contributed by atoms with Crippen LogP contribution in [0.3, 0.4) is 0 Å². The Bertz CT molecular complexity index is 1840. The molecular formula is C41H73N7O6Si3. The van der Waals surface area contributed by atoms with E-state index in [0.29, 0.717) is 42.6 Å². The molecule has 16 heteroatoms. The molecule has 0 spiro atoms. The molecule has 5 rings (SSSR count). The molecule has 57 heavy (non-hydrogen) atoms. The summed E-state index contributed by atoms with van der Waals surface area (Å²) in [6.45, 7) is 30.9. The van der Waals surface area contributed by atoms with Gasteiger partial charge in [0.25, 0.3) is 5.95 Å². The van der Waals surface area contributed by atoms with E-state index in [2.05, 4.69) is 76.5 Å². The van der Waals surface area contributed by atoms with Gasteiger partial charge in [-0.3, -0.25) is 4.57 Å². The average Bonchev–Trinajstić information content (AvgIpc) is 3.89. The standard InChI is InChI=1S/C41H73N7O6Si3/c1-15-52-33(49)21-20-28-24-43-48(25-28)38-45-35(44-29-18-16-17-19-29)34-36(46-38)47(27-42-34)37-31(23-41(7,8)56(11,12)51)30(22-40(5,6)55(9,10)50)32(54-37)26-53-57(13,14)39(2,3)4/h20-21,24-25,27,29-33,37,49-51H,15-19,22-23,26H2,1-14H3,(H,44,45,46)/b21-20+/t30-,31+,32+,33?,37+/m0/s1. The van der Waals surface area contributed by atoms with E-state index >= 15 is 0 Å². The number of aliphatic hydroxyl groups excluding tert-OH is 1. The number of imidazole rings is 1. The van der Waals surface area contributed by atoms with E-state index in [1.807, 2.05) is 45.6 Å². The van der Waals surface area contributed by atoms with Gasteiger partial charge in [0, 0.05) is 30.3 Å². The van der Waals surface area contributed by atoms with Crippen LogP contribution < -0.4 is 5.32 Å². The molecule has 0 amide bonds. The van der Waals surface area contributed by atoms with Crippen LogP contribution in [0.25, 0.3) is 23.2 Å². The van der Waals surface area contributed by atoms with Crippen molar-refractivity contribution in [3.8, 4) is 5.95 Å². The van der Waals surface area contributed by atoms with Gasteiger partial charge in [0.05, 0.1) is 25.2 Å². The fraction of sp³-hybridized carbons (Fsp3) is 0.756. The zero-order chi connectivity index (χ0) is 42.4. The van der Waals surface area contributed by atoms with Crippen molar-refractivity contribution in [3.05, 3.63) is 30.4 Å². The van der Waals surface area contributed by atoms with E-state index in [9.17, 15) is 14.7 Å². The van der Waals surface area contributed by atoms with Crippen molar-refractivity contribution in [3.63, 3.8) is 0 Å². The van der Waals surface area contributed by atoms with Gasteiger partial charge in [-0.25, -0.2) is 9.67 Å². The number of fused-ring (bicyclic) bond motifs is 1. The van der Waals surface area contributed by atoms with E-state index in [4.69, 9.17) is 28.9 Å². The third kappa shape index (κ3) is 10.4. The van der Waals surface area contributed by atoms with Crippen molar-refractivity contribution in [1.29, 1.82) is 0 Å². The highest BCUT2D eigenvalue weighted by atomic mass is 28.4. The molecule has 1 saturated heterocycles. The van der Waals surface area contributed by atoms with Crippen molar-refractivity contribution in [2.75, 3.05) is 18.5 Å². The normalized spacial score (nSPS) is 22.7. The lowest BCUT2D eigenvalue weighted by Crippen LogP contribution is -2.46. The molecule has 1 aliphatic carbocycles. The molecule has 0 radical (unpaired) electrons. The smallest absolute Gasteiger partial charge is 0.254 e. The van der Waals surface area contributed by atoms with E-state index in [1.165, 1.54) is 0 Å². The number of aliphatic hydroxyl groups is 1. The summed E-state index contributed by atoms with van der Waals surface area (Å²) in [5.74, 6) is 1.01. The lowest BCUT2D eigenvalue weighted by molar-refractivity contribution is -0.0581. The number of hydrogen-bond donors (Lipinski definition) is 4. The molecule has 320 valence electrons. The van der Waals surface area contributed by atoms with Crippen molar-refractivity contribution in [1.82, 2.24) is 29.3 Å². The van der Waals surface area contributed by atoms with Gasteiger partial charge in [-0.05, 0) is 99.0 Å². The minimum Gasteiger partial charge on any atom is -0.432 e. The van der Waals surface area contributed by atoms with Crippen LogP contribution in [0.15, 0.2) is 24.8 Å². The maximum atomic E-state index is 11.7. The lowest BCUT2D eigenvalue weighted by Gasteiger charge is -2.43. The number of ether oxygens (including phenoxy) is 2. The maximum Gasteiger partial charge on any atom is 0.254 e. The van der Waals surface area contributed by atoms with E-state index < -0.39 is 37.5 Å². The topological polar surface area (TPSA) is 162 Å². The van der Waals surface area contributed by atoms with Gasteiger partial charge < -0.3 is 33.9 Å². The fourth-order valence-corrected chi connectivity index (χ4v) is 10.0. The Balaban J connectivity index is 1.66. The molecule has 0 aromatic carbocycles. The summed E-state index contributed by atoms with van der Waals surface area (Å²) in [5.41, 5.74) is 2.06. The number of aromatic nitrogens is 6. The van der Waals surface area contributed by atoms with Gasteiger partial charge in [-0.15, -0.1) is 0 Å². The van der Waals surface area contributed by atoms with Gasteiger partial charge >= 0.3 is 0 Å². The van der Waals surface area contributed by atoms with Crippen molar-refractivity contribution in [2.24, 2.45) is 11.8 Å². The van der Waals surface area contributed by atoms with Gasteiger partial charge in [0.1, 0.15) is 6.23 Å². The SMILES string of the molecule is CCOC(O)/C=C/c1cnn(-c2nc(NC3CCCC3)c3ncn([C@@H]4O[C@H](CO[Si](C)(C)C(C)(C)C)[C@@H](CC(C)(C)[Si](C)(C)O)[C@H]4CC(C)(C)[Si](C)(C)O)c3n2)c1. The number of nitrogens with zero attached hydrogens (tertiary/aromatic N) is 6. The van der Waals surface area contributed by atoms with Gasteiger partial charge in [0.15, 0.2) is 48.2 Å². The molecule has 4 N–H and O–H groups in total. The van der Waals surface area contributed by atoms with E-state index in [0.717, 1.165) is 37.7 Å². The molecule has 3 aromatic heterocycles. The molecule has 2 fully saturated rings. The Kier molecular flexibility index (Phi) is 13.7. The largest absolute Gasteiger partial charge is 0.432 e. The lowest BCUT2D eigenvalue weighted by atomic mass is 9.78. The molecular weight excluding hydrogens is 771 g/mol. The predicted octanol–water partition coefficient (Wildman–Crippen LogP) is 8.62. The van der Waals surface area contributed by atoms with Crippen LogP contribution in [0.2, 0.25) is 54.4 Å². The highest BCUT2D eigenvalue weighted by molar-refractivity contribution is 6.74. The zero-order valence-corrected chi connectivity index (χ0v) is 40.3. The third-order valence-corrected chi connectivity index (χ3v) is 25.4. The summed E-state index contributed by atoms with van der Waals surface area (Å²) in [6.07, 6.45) is 12.9. The second kappa shape index (κ2) is 17.0.